The lowest BCUT2D eigenvalue weighted by Gasteiger charge is -2.29. The van der Waals surface area contributed by atoms with Crippen LogP contribution in [0, 0.1) is 6.92 Å². The fourth-order valence-corrected chi connectivity index (χ4v) is 2.56. The van der Waals surface area contributed by atoms with Crippen molar-refractivity contribution in [1.29, 1.82) is 0 Å². The van der Waals surface area contributed by atoms with Crippen LogP contribution in [0.3, 0.4) is 0 Å². The van der Waals surface area contributed by atoms with Gasteiger partial charge in [0.2, 0.25) is 0 Å². The lowest BCUT2D eigenvalue weighted by Crippen LogP contribution is -2.37. The van der Waals surface area contributed by atoms with Gasteiger partial charge < -0.3 is 25.4 Å². The van der Waals surface area contributed by atoms with Gasteiger partial charge in [-0.1, -0.05) is 6.07 Å². The third-order valence-corrected chi connectivity index (χ3v) is 3.78. The third-order valence-electron chi connectivity index (χ3n) is 3.78. The van der Waals surface area contributed by atoms with E-state index in [1.807, 2.05) is 25.1 Å². The van der Waals surface area contributed by atoms with Gasteiger partial charge in [0.15, 0.2) is 11.6 Å². The average molecular weight is 315 g/mol. The molecule has 122 valence electrons. The monoisotopic (exact) mass is 315 g/mol. The Morgan fingerprint density at radius 1 is 1.26 bits per heavy atom. The van der Waals surface area contributed by atoms with Crippen LogP contribution in [0.15, 0.2) is 24.5 Å². The average Bonchev–Trinajstić information content (AvgIpc) is 2.58. The third kappa shape index (κ3) is 3.29. The second kappa shape index (κ2) is 6.70. The number of nitrogens with zero attached hydrogens (tertiary/aromatic N) is 3. The Morgan fingerprint density at radius 2 is 2.04 bits per heavy atom. The number of aromatic nitrogens is 2. The van der Waals surface area contributed by atoms with Gasteiger partial charge in [0, 0.05) is 13.1 Å². The fraction of sp³-hybridized carbons (Fsp3) is 0.375. The van der Waals surface area contributed by atoms with Crippen LogP contribution in [-0.4, -0.2) is 43.4 Å². The number of methoxy groups -OCH3 is 1. The fourth-order valence-electron chi connectivity index (χ4n) is 2.56. The second-order valence-corrected chi connectivity index (χ2v) is 5.39. The standard InChI is InChI=1S/C16H21N5O2/c1-11-3-4-13(22-2)12(9-11)20-15-14(17)16(19-10-18-15)21-5-7-23-8-6-21/h3-4,9-10H,5-8,17H2,1-2H3,(H,18,19,20). The number of benzene rings is 1. The molecule has 1 aliphatic rings. The molecule has 0 atom stereocenters. The van der Waals surface area contributed by atoms with Crippen LogP contribution in [0.4, 0.5) is 23.0 Å². The number of hydrogen-bond donors (Lipinski definition) is 2. The van der Waals surface area contributed by atoms with Crippen molar-refractivity contribution in [3.63, 3.8) is 0 Å². The van der Waals surface area contributed by atoms with Crippen LogP contribution < -0.4 is 20.7 Å². The topological polar surface area (TPSA) is 85.5 Å². The van der Waals surface area contributed by atoms with E-state index in [2.05, 4.69) is 20.2 Å². The van der Waals surface area contributed by atoms with Gasteiger partial charge in [-0.15, -0.1) is 0 Å². The van der Waals surface area contributed by atoms with Gasteiger partial charge in [-0.25, -0.2) is 9.97 Å². The number of nitrogen functional groups attached to an aromatic ring is 1. The number of nitrogens with one attached hydrogen (secondary N) is 1. The van der Waals surface area contributed by atoms with E-state index in [0.29, 0.717) is 24.7 Å². The molecule has 1 aromatic carbocycles. The lowest BCUT2D eigenvalue weighted by molar-refractivity contribution is 0.122. The van der Waals surface area contributed by atoms with Crippen molar-refractivity contribution in [1.82, 2.24) is 9.97 Å². The highest BCUT2D eigenvalue weighted by atomic mass is 16.5. The molecule has 0 bridgehead atoms. The molecule has 7 nitrogen and oxygen atoms in total. The van der Waals surface area contributed by atoms with Gasteiger partial charge >= 0.3 is 0 Å². The van der Waals surface area contributed by atoms with E-state index in [9.17, 15) is 0 Å². The molecule has 1 saturated heterocycles. The Morgan fingerprint density at radius 3 is 2.78 bits per heavy atom. The van der Waals surface area contributed by atoms with Crippen LogP contribution >= 0.6 is 0 Å². The van der Waals surface area contributed by atoms with Crippen molar-refractivity contribution in [3.8, 4) is 5.75 Å². The molecule has 2 heterocycles. The van der Waals surface area contributed by atoms with Crippen molar-refractivity contribution in [3.05, 3.63) is 30.1 Å². The molecule has 1 aromatic heterocycles. The Balaban J connectivity index is 1.90. The summed E-state index contributed by atoms with van der Waals surface area (Å²) in [5, 5.41) is 3.25. The normalized spacial score (nSPS) is 14.6. The number of hydrogen-bond acceptors (Lipinski definition) is 7. The van der Waals surface area contributed by atoms with Crippen molar-refractivity contribution >= 4 is 23.0 Å². The van der Waals surface area contributed by atoms with Gasteiger partial charge in [-0.3, -0.25) is 0 Å². The van der Waals surface area contributed by atoms with Crippen molar-refractivity contribution in [2.75, 3.05) is 49.4 Å². The minimum absolute atomic E-state index is 0.526. The van der Waals surface area contributed by atoms with Crippen LogP contribution in [0.1, 0.15) is 5.56 Å². The molecule has 23 heavy (non-hydrogen) atoms. The number of nitrogens with two attached hydrogens (primary N) is 1. The summed E-state index contributed by atoms with van der Waals surface area (Å²) in [5.41, 5.74) is 8.75. The molecule has 0 amide bonds. The number of aryl methyl sites for hydroxylation is 1. The van der Waals surface area contributed by atoms with Crippen molar-refractivity contribution < 1.29 is 9.47 Å². The molecule has 3 N–H and O–H groups in total. The molecule has 0 spiro atoms. The van der Waals surface area contributed by atoms with Crippen LogP contribution in [-0.2, 0) is 4.74 Å². The van der Waals surface area contributed by atoms with E-state index in [1.165, 1.54) is 6.33 Å². The molecule has 7 heteroatoms. The van der Waals surface area contributed by atoms with E-state index in [0.717, 1.165) is 35.9 Å². The zero-order valence-electron chi connectivity index (χ0n) is 13.4. The first kappa shape index (κ1) is 15.4. The largest absolute Gasteiger partial charge is 0.495 e. The molecule has 0 saturated carbocycles. The molecule has 0 aliphatic carbocycles. The summed E-state index contributed by atoms with van der Waals surface area (Å²) in [6, 6.07) is 5.90. The van der Waals surface area contributed by atoms with E-state index in [4.69, 9.17) is 15.2 Å². The van der Waals surface area contributed by atoms with Crippen LogP contribution in [0.5, 0.6) is 5.75 Å². The zero-order chi connectivity index (χ0) is 16.2. The highest BCUT2D eigenvalue weighted by Crippen LogP contribution is 2.33. The van der Waals surface area contributed by atoms with Crippen molar-refractivity contribution in [2.24, 2.45) is 0 Å². The minimum atomic E-state index is 0.526. The maximum Gasteiger partial charge on any atom is 0.159 e. The smallest absolute Gasteiger partial charge is 0.159 e. The van der Waals surface area contributed by atoms with Crippen molar-refractivity contribution in [2.45, 2.75) is 6.92 Å². The summed E-state index contributed by atoms with van der Waals surface area (Å²) in [6.07, 6.45) is 1.52. The number of morpholine rings is 1. The Labute approximate surface area is 135 Å². The van der Waals surface area contributed by atoms with E-state index in [1.54, 1.807) is 7.11 Å². The molecular formula is C16H21N5O2. The van der Waals surface area contributed by atoms with Crippen LogP contribution in [0.2, 0.25) is 0 Å². The number of anilines is 4. The summed E-state index contributed by atoms with van der Waals surface area (Å²) < 4.78 is 10.8. The molecular weight excluding hydrogens is 294 g/mol. The predicted octanol–water partition coefficient (Wildman–Crippen LogP) is 1.96. The molecule has 1 aliphatic heterocycles. The summed E-state index contributed by atoms with van der Waals surface area (Å²) in [6.45, 7) is 4.92. The first-order valence-electron chi connectivity index (χ1n) is 7.54. The minimum Gasteiger partial charge on any atom is -0.495 e. The first-order chi connectivity index (χ1) is 11.2. The van der Waals surface area contributed by atoms with E-state index in [-0.39, 0.29) is 0 Å². The lowest BCUT2D eigenvalue weighted by atomic mass is 10.2. The Bertz CT molecular complexity index is 686. The zero-order valence-corrected chi connectivity index (χ0v) is 13.4. The maximum absolute atomic E-state index is 6.28. The van der Waals surface area contributed by atoms with Gasteiger partial charge in [-0.05, 0) is 24.6 Å². The number of ether oxygens (including phenoxy) is 2. The summed E-state index contributed by atoms with van der Waals surface area (Å²) in [5.74, 6) is 2.05. The SMILES string of the molecule is COc1ccc(C)cc1Nc1ncnc(N2CCOCC2)c1N. The maximum atomic E-state index is 6.28. The predicted molar refractivity (Wildman–Crippen MR) is 90.5 cm³/mol. The second-order valence-electron chi connectivity index (χ2n) is 5.39. The molecule has 3 rings (SSSR count). The summed E-state index contributed by atoms with van der Waals surface area (Å²) in [4.78, 5) is 10.7. The number of rotatable bonds is 4. The molecule has 0 unspecified atom stereocenters. The van der Waals surface area contributed by atoms with Crippen LogP contribution in [0.25, 0.3) is 0 Å². The highest BCUT2D eigenvalue weighted by molar-refractivity contribution is 5.79. The van der Waals surface area contributed by atoms with E-state index >= 15 is 0 Å². The van der Waals surface area contributed by atoms with Gasteiger partial charge in [0.1, 0.15) is 17.8 Å². The van der Waals surface area contributed by atoms with E-state index < -0.39 is 0 Å². The molecule has 1 fully saturated rings. The Hall–Kier alpha value is -2.54. The Kier molecular flexibility index (Phi) is 4.47. The quantitative estimate of drug-likeness (QED) is 0.892. The van der Waals surface area contributed by atoms with Gasteiger partial charge in [0.25, 0.3) is 0 Å². The summed E-state index contributed by atoms with van der Waals surface area (Å²) >= 11 is 0. The molecule has 0 radical (unpaired) electrons. The summed E-state index contributed by atoms with van der Waals surface area (Å²) in [7, 11) is 1.64. The highest BCUT2D eigenvalue weighted by Gasteiger charge is 2.18. The first-order valence-corrected chi connectivity index (χ1v) is 7.54. The van der Waals surface area contributed by atoms with Gasteiger partial charge in [0.05, 0.1) is 26.0 Å². The molecule has 2 aromatic rings. The van der Waals surface area contributed by atoms with Gasteiger partial charge in [-0.2, -0.15) is 0 Å².